The van der Waals surface area contributed by atoms with Gasteiger partial charge in [-0.3, -0.25) is 4.79 Å². The number of aliphatic carboxylic acids is 1. The molecule has 1 aliphatic carbocycles. The molecule has 0 aromatic heterocycles. The first kappa shape index (κ1) is 19.2. The topological polar surface area (TPSA) is 83.5 Å². The SMILES string of the molecule is O=C(O)[C@@H](C1=CC2(CCNCC2)c2ccccc21)S(=O)(=O)c1ccc(Cl)cc1. The number of hydrogen-bond acceptors (Lipinski definition) is 4. The highest BCUT2D eigenvalue weighted by Crippen LogP contribution is 2.48. The zero-order valence-corrected chi connectivity index (χ0v) is 16.6. The Morgan fingerprint density at radius 2 is 1.71 bits per heavy atom. The number of carboxylic acids is 1. The van der Waals surface area contributed by atoms with E-state index in [2.05, 4.69) is 5.32 Å². The molecule has 2 aliphatic rings. The molecule has 7 heteroatoms. The van der Waals surface area contributed by atoms with Gasteiger partial charge in [-0.25, -0.2) is 8.42 Å². The van der Waals surface area contributed by atoms with Crippen molar-refractivity contribution in [3.05, 3.63) is 70.8 Å². The summed E-state index contributed by atoms with van der Waals surface area (Å²) in [5, 5.41) is 12.0. The average Bonchev–Trinajstić information content (AvgIpc) is 2.96. The molecule has 2 N–H and O–H groups in total. The van der Waals surface area contributed by atoms with Crippen molar-refractivity contribution in [2.75, 3.05) is 13.1 Å². The lowest BCUT2D eigenvalue weighted by Gasteiger charge is -2.33. The number of rotatable bonds is 4. The second-order valence-electron chi connectivity index (χ2n) is 7.27. The molecule has 1 spiro atoms. The van der Waals surface area contributed by atoms with Crippen LogP contribution in [0.15, 0.2) is 59.5 Å². The van der Waals surface area contributed by atoms with Crippen LogP contribution in [0.25, 0.3) is 5.57 Å². The van der Waals surface area contributed by atoms with Crippen LogP contribution in [-0.4, -0.2) is 37.8 Å². The quantitative estimate of drug-likeness (QED) is 0.797. The first-order valence-corrected chi connectivity index (χ1v) is 11.0. The normalized spacial score (nSPS) is 19.1. The van der Waals surface area contributed by atoms with Gasteiger partial charge in [-0.1, -0.05) is 41.9 Å². The van der Waals surface area contributed by atoms with Crippen LogP contribution < -0.4 is 5.32 Å². The van der Waals surface area contributed by atoms with Gasteiger partial charge in [0, 0.05) is 10.4 Å². The summed E-state index contributed by atoms with van der Waals surface area (Å²) in [6.45, 7) is 1.61. The van der Waals surface area contributed by atoms with Crippen molar-refractivity contribution in [3.8, 4) is 0 Å². The molecule has 5 nitrogen and oxygen atoms in total. The Morgan fingerprint density at radius 1 is 1.07 bits per heavy atom. The minimum absolute atomic E-state index is 0.0473. The van der Waals surface area contributed by atoms with Gasteiger partial charge in [0.25, 0.3) is 0 Å². The first-order chi connectivity index (χ1) is 13.3. The second-order valence-corrected chi connectivity index (χ2v) is 9.74. The van der Waals surface area contributed by atoms with Crippen molar-refractivity contribution in [3.63, 3.8) is 0 Å². The van der Waals surface area contributed by atoms with E-state index in [9.17, 15) is 18.3 Å². The van der Waals surface area contributed by atoms with Crippen molar-refractivity contribution < 1.29 is 18.3 Å². The van der Waals surface area contributed by atoms with Gasteiger partial charge in [-0.05, 0) is 66.9 Å². The van der Waals surface area contributed by atoms with Gasteiger partial charge < -0.3 is 10.4 Å². The van der Waals surface area contributed by atoms with Crippen molar-refractivity contribution in [2.24, 2.45) is 0 Å². The summed E-state index contributed by atoms with van der Waals surface area (Å²) in [6, 6.07) is 13.2. The van der Waals surface area contributed by atoms with Gasteiger partial charge >= 0.3 is 5.97 Å². The number of halogens is 1. The summed E-state index contributed by atoms with van der Waals surface area (Å²) >= 11 is 5.87. The number of allylic oxidation sites excluding steroid dienone is 1. The van der Waals surface area contributed by atoms with E-state index in [0.717, 1.165) is 31.5 Å². The molecule has 0 saturated carbocycles. The van der Waals surface area contributed by atoms with Crippen LogP contribution in [0.1, 0.15) is 24.0 Å². The van der Waals surface area contributed by atoms with Crippen molar-refractivity contribution in [1.82, 2.24) is 5.32 Å². The predicted molar refractivity (Wildman–Crippen MR) is 108 cm³/mol. The van der Waals surface area contributed by atoms with E-state index in [0.29, 0.717) is 16.2 Å². The Labute approximate surface area is 169 Å². The van der Waals surface area contributed by atoms with E-state index in [1.54, 1.807) is 0 Å². The van der Waals surface area contributed by atoms with Crippen LogP contribution >= 0.6 is 11.6 Å². The molecule has 4 rings (SSSR count). The molecule has 146 valence electrons. The fourth-order valence-corrected chi connectivity index (χ4v) is 6.03. The smallest absolute Gasteiger partial charge is 0.326 e. The molecule has 1 fully saturated rings. The molecule has 2 aromatic rings. The number of carbonyl (C=O) groups is 1. The summed E-state index contributed by atoms with van der Waals surface area (Å²) in [6.07, 6.45) is 3.51. The monoisotopic (exact) mass is 417 g/mol. The van der Waals surface area contributed by atoms with E-state index in [1.807, 2.05) is 30.3 Å². The first-order valence-electron chi connectivity index (χ1n) is 9.11. The Kier molecular flexibility index (Phi) is 4.81. The maximum atomic E-state index is 13.3. The second kappa shape index (κ2) is 7.03. The lowest BCUT2D eigenvalue weighted by molar-refractivity contribution is -0.135. The Hall–Kier alpha value is -2.15. The van der Waals surface area contributed by atoms with E-state index < -0.39 is 21.1 Å². The third-order valence-electron chi connectivity index (χ3n) is 5.66. The van der Waals surface area contributed by atoms with Crippen LogP contribution in [0.3, 0.4) is 0 Å². The standard InChI is InChI=1S/C21H20ClNO4S/c22-14-5-7-15(8-6-14)28(26,27)19(20(24)25)17-13-21(9-11-23-12-10-21)18-4-2-1-3-16(17)18/h1-8,13,19,23H,9-12H2,(H,24,25)/t19-/m1/s1. The molecule has 2 aromatic carbocycles. The lowest BCUT2D eigenvalue weighted by Crippen LogP contribution is -2.37. The maximum absolute atomic E-state index is 13.3. The fraction of sp³-hybridized carbons (Fsp3) is 0.286. The molecular weight excluding hydrogens is 398 g/mol. The van der Waals surface area contributed by atoms with Crippen molar-refractivity contribution in [2.45, 2.75) is 28.4 Å². The van der Waals surface area contributed by atoms with E-state index >= 15 is 0 Å². The summed E-state index contributed by atoms with van der Waals surface area (Å²) < 4.78 is 26.6. The Morgan fingerprint density at radius 3 is 2.36 bits per heavy atom. The summed E-state index contributed by atoms with van der Waals surface area (Å²) in [4.78, 5) is 12.1. The van der Waals surface area contributed by atoms with Gasteiger partial charge in [0.2, 0.25) is 0 Å². The number of hydrogen-bond donors (Lipinski definition) is 2. The Bertz CT molecular complexity index is 1050. The summed E-state index contributed by atoms with van der Waals surface area (Å²) in [5.41, 5.74) is 1.78. The highest BCUT2D eigenvalue weighted by molar-refractivity contribution is 7.93. The number of sulfone groups is 1. The highest BCUT2D eigenvalue weighted by Gasteiger charge is 2.46. The molecule has 1 saturated heterocycles. The largest absolute Gasteiger partial charge is 0.480 e. The number of carboxylic acid groups (broad SMARTS) is 1. The van der Waals surface area contributed by atoms with Crippen molar-refractivity contribution >= 4 is 33.0 Å². The average molecular weight is 418 g/mol. The Balaban J connectivity index is 1.88. The molecule has 0 radical (unpaired) electrons. The van der Waals surface area contributed by atoms with Gasteiger partial charge in [0.15, 0.2) is 15.1 Å². The van der Waals surface area contributed by atoms with Crippen LogP contribution in [0.4, 0.5) is 0 Å². The molecule has 28 heavy (non-hydrogen) atoms. The van der Waals surface area contributed by atoms with Gasteiger partial charge in [-0.2, -0.15) is 0 Å². The highest BCUT2D eigenvalue weighted by atomic mass is 35.5. The molecule has 1 aliphatic heterocycles. The fourth-order valence-electron chi connectivity index (χ4n) is 4.32. The van der Waals surface area contributed by atoms with Crippen LogP contribution in [0.2, 0.25) is 5.02 Å². The zero-order valence-electron chi connectivity index (χ0n) is 15.1. The van der Waals surface area contributed by atoms with Crippen LogP contribution in [-0.2, 0) is 20.0 Å². The molecule has 0 unspecified atom stereocenters. The zero-order chi connectivity index (χ0) is 19.9. The van der Waals surface area contributed by atoms with Gasteiger partial charge in [0.05, 0.1) is 4.90 Å². The number of fused-ring (bicyclic) bond motifs is 2. The number of nitrogens with one attached hydrogen (secondary N) is 1. The van der Waals surface area contributed by atoms with E-state index in [1.165, 1.54) is 24.3 Å². The van der Waals surface area contributed by atoms with Gasteiger partial charge in [-0.15, -0.1) is 0 Å². The molecular formula is C21H20ClNO4S. The maximum Gasteiger partial charge on any atom is 0.326 e. The minimum atomic E-state index is -4.14. The number of benzene rings is 2. The third-order valence-corrected chi connectivity index (χ3v) is 7.92. The van der Waals surface area contributed by atoms with Crippen LogP contribution in [0, 0.1) is 0 Å². The third kappa shape index (κ3) is 3.05. The molecule has 1 heterocycles. The van der Waals surface area contributed by atoms with Crippen molar-refractivity contribution in [1.29, 1.82) is 0 Å². The number of piperidine rings is 1. The summed E-state index contributed by atoms with van der Waals surface area (Å²) in [5.74, 6) is -1.37. The van der Waals surface area contributed by atoms with E-state index in [-0.39, 0.29) is 10.3 Å². The minimum Gasteiger partial charge on any atom is -0.480 e. The lowest BCUT2D eigenvalue weighted by atomic mass is 9.75. The molecule has 1 atom stereocenters. The summed E-state index contributed by atoms with van der Waals surface area (Å²) in [7, 11) is -4.14. The molecule has 0 bridgehead atoms. The van der Waals surface area contributed by atoms with E-state index in [4.69, 9.17) is 11.6 Å². The predicted octanol–water partition coefficient (Wildman–Crippen LogP) is 3.29. The van der Waals surface area contributed by atoms with Crippen LogP contribution in [0.5, 0.6) is 0 Å². The van der Waals surface area contributed by atoms with Gasteiger partial charge in [0.1, 0.15) is 0 Å². The molecule has 0 amide bonds.